The fourth-order valence-corrected chi connectivity index (χ4v) is 4.65. The highest BCUT2D eigenvalue weighted by Gasteiger charge is 2.24. The maximum Gasteiger partial charge on any atom is 0.187 e. The molecule has 3 heterocycles. The molecule has 4 rings (SSSR count). The van der Waals surface area contributed by atoms with Crippen LogP contribution in [0, 0.1) is 11.3 Å². The molecular weight excluding hydrogens is 468 g/mol. The predicted molar refractivity (Wildman–Crippen MR) is 140 cm³/mol. The summed E-state index contributed by atoms with van der Waals surface area (Å²) in [5.41, 5.74) is 10.1. The van der Waals surface area contributed by atoms with Gasteiger partial charge in [-0.2, -0.15) is 10.4 Å². The SMILES string of the molecule is CN1CCCC1CN(/N=C/c1cc(-c2cncn2C)nc2cc(Cl)c(CCC#N)cc12)C(N)=S. The maximum atomic E-state index is 9.02. The van der Waals surface area contributed by atoms with Crippen LogP contribution in [0.5, 0.6) is 0 Å². The van der Waals surface area contributed by atoms with Gasteiger partial charge >= 0.3 is 0 Å². The zero-order valence-corrected chi connectivity index (χ0v) is 20.9. The first kappa shape index (κ1) is 24.1. The average Bonchev–Trinajstić information content (AvgIpc) is 3.42. The smallest absolute Gasteiger partial charge is 0.187 e. The van der Waals surface area contributed by atoms with Crippen molar-refractivity contribution >= 4 is 46.0 Å². The number of nitrogens with zero attached hydrogens (tertiary/aromatic N) is 7. The molecule has 1 aromatic carbocycles. The van der Waals surface area contributed by atoms with Crippen LogP contribution in [0.4, 0.5) is 0 Å². The van der Waals surface area contributed by atoms with E-state index < -0.39 is 0 Å². The summed E-state index contributed by atoms with van der Waals surface area (Å²) in [4.78, 5) is 11.4. The molecule has 1 atom stereocenters. The first-order chi connectivity index (χ1) is 16.4. The van der Waals surface area contributed by atoms with Gasteiger partial charge in [-0.15, -0.1) is 0 Å². The Bertz CT molecular complexity index is 1280. The van der Waals surface area contributed by atoms with Gasteiger partial charge in [0.05, 0.1) is 48.3 Å². The number of thiocarbonyl (C=S) groups is 1. The molecule has 1 aliphatic rings. The minimum atomic E-state index is 0.236. The largest absolute Gasteiger partial charge is 0.375 e. The van der Waals surface area contributed by atoms with E-state index in [1.54, 1.807) is 23.7 Å². The highest BCUT2D eigenvalue weighted by molar-refractivity contribution is 7.80. The molecule has 1 saturated heterocycles. The van der Waals surface area contributed by atoms with Gasteiger partial charge in [0.2, 0.25) is 0 Å². The molecular formula is C24H27ClN8S. The van der Waals surface area contributed by atoms with Crippen LogP contribution in [-0.4, -0.2) is 61.9 Å². The van der Waals surface area contributed by atoms with E-state index in [0.29, 0.717) is 30.5 Å². The third-order valence-electron chi connectivity index (χ3n) is 6.24. The Morgan fingerprint density at radius 1 is 1.41 bits per heavy atom. The van der Waals surface area contributed by atoms with Crippen molar-refractivity contribution in [2.24, 2.45) is 17.9 Å². The van der Waals surface area contributed by atoms with Gasteiger partial charge < -0.3 is 15.2 Å². The molecule has 34 heavy (non-hydrogen) atoms. The Morgan fingerprint density at radius 2 is 2.24 bits per heavy atom. The number of pyridine rings is 1. The number of aryl methyl sites for hydroxylation is 2. The van der Waals surface area contributed by atoms with Crippen LogP contribution in [0.15, 0.2) is 35.8 Å². The molecule has 2 N–H and O–H groups in total. The first-order valence-electron chi connectivity index (χ1n) is 11.2. The minimum Gasteiger partial charge on any atom is -0.375 e. The van der Waals surface area contributed by atoms with E-state index in [9.17, 15) is 0 Å². The highest BCUT2D eigenvalue weighted by atomic mass is 35.5. The van der Waals surface area contributed by atoms with Gasteiger partial charge in [-0.3, -0.25) is 0 Å². The standard InChI is InChI=1S/C24H27ClN8S/c1-31-8-4-6-18(31)14-33(24(27)34)29-12-17-10-22(23-13-28-15-32(23)2)30-21-11-20(25)16(5-3-7-26)9-19(17)21/h9-13,15,18H,3-6,8,14H2,1-2H3,(H2,27,34)/b29-12+. The number of imidazole rings is 1. The van der Waals surface area contributed by atoms with Crippen molar-refractivity contribution in [3.8, 4) is 17.5 Å². The summed E-state index contributed by atoms with van der Waals surface area (Å²) in [5, 5.41) is 17.1. The summed E-state index contributed by atoms with van der Waals surface area (Å²) in [6.07, 6.45) is 8.49. The van der Waals surface area contributed by atoms with Crippen LogP contribution in [0.1, 0.15) is 30.4 Å². The Labute approximate surface area is 209 Å². The molecule has 0 saturated carbocycles. The maximum absolute atomic E-state index is 9.02. The lowest BCUT2D eigenvalue weighted by Gasteiger charge is -2.25. The second-order valence-corrected chi connectivity index (χ2v) is 9.37. The Hall–Kier alpha value is -3.06. The summed E-state index contributed by atoms with van der Waals surface area (Å²) in [6, 6.07) is 8.35. The Balaban J connectivity index is 1.78. The van der Waals surface area contributed by atoms with Crippen LogP contribution in [0.25, 0.3) is 22.3 Å². The van der Waals surface area contributed by atoms with E-state index in [4.69, 9.17) is 39.8 Å². The summed E-state index contributed by atoms with van der Waals surface area (Å²) in [6.45, 7) is 1.70. The topological polar surface area (TPSA) is 99.4 Å². The highest BCUT2D eigenvalue weighted by Crippen LogP contribution is 2.29. The van der Waals surface area contributed by atoms with Gasteiger partial charge in [-0.25, -0.2) is 15.0 Å². The van der Waals surface area contributed by atoms with Crippen molar-refractivity contribution in [1.82, 2.24) is 24.4 Å². The lowest BCUT2D eigenvalue weighted by atomic mass is 10.0. The van der Waals surface area contributed by atoms with Crippen LogP contribution < -0.4 is 5.73 Å². The number of nitriles is 1. The zero-order chi connectivity index (χ0) is 24.2. The number of fused-ring (bicyclic) bond motifs is 1. The zero-order valence-electron chi connectivity index (χ0n) is 19.3. The van der Waals surface area contributed by atoms with E-state index >= 15 is 0 Å². The van der Waals surface area contributed by atoms with Crippen LogP contribution in [0.2, 0.25) is 5.02 Å². The van der Waals surface area contributed by atoms with Crippen molar-refractivity contribution < 1.29 is 0 Å². The van der Waals surface area contributed by atoms with Crippen molar-refractivity contribution in [3.63, 3.8) is 0 Å². The van der Waals surface area contributed by atoms with Crippen molar-refractivity contribution in [3.05, 3.63) is 46.9 Å². The molecule has 10 heteroatoms. The average molecular weight is 495 g/mol. The summed E-state index contributed by atoms with van der Waals surface area (Å²) in [7, 11) is 4.04. The third-order valence-corrected chi connectivity index (χ3v) is 6.80. The summed E-state index contributed by atoms with van der Waals surface area (Å²) >= 11 is 11.8. The van der Waals surface area contributed by atoms with Crippen molar-refractivity contribution in [1.29, 1.82) is 5.26 Å². The van der Waals surface area contributed by atoms with Gasteiger partial charge in [0, 0.05) is 35.5 Å². The summed E-state index contributed by atoms with van der Waals surface area (Å²) < 4.78 is 1.91. The minimum absolute atomic E-state index is 0.236. The lowest BCUT2D eigenvalue weighted by molar-refractivity contribution is 0.256. The fraction of sp³-hybridized carbons (Fsp3) is 0.375. The molecule has 0 amide bonds. The van der Waals surface area contributed by atoms with Gasteiger partial charge in [0.15, 0.2) is 5.11 Å². The molecule has 1 aliphatic heterocycles. The molecule has 2 aromatic heterocycles. The molecule has 0 bridgehead atoms. The van der Waals surface area contributed by atoms with Gasteiger partial charge in [-0.1, -0.05) is 11.6 Å². The Morgan fingerprint density at radius 3 is 2.88 bits per heavy atom. The number of likely N-dealkylation sites (tertiary alicyclic amines) is 1. The van der Waals surface area contributed by atoms with Crippen molar-refractivity contribution in [2.45, 2.75) is 31.7 Å². The summed E-state index contributed by atoms with van der Waals surface area (Å²) in [5.74, 6) is 0. The molecule has 0 radical (unpaired) electrons. The number of nitrogens with two attached hydrogens (primary N) is 1. The van der Waals surface area contributed by atoms with E-state index in [0.717, 1.165) is 52.8 Å². The number of aromatic nitrogens is 3. The van der Waals surface area contributed by atoms with Crippen LogP contribution in [0.3, 0.4) is 0 Å². The number of benzene rings is 1. The van der Waals surface area contributed by atoms with E-state index in [-0.39, 0.29) is 5.11 Å². The number of halogens is 1. The Kier molecular flexibility index (Phi) is 7.41. The number of hydrogen-bond acceptors (Lipinski definition) is 6. The molecule has 8 nitrogen and oxygen atoms in total. The molecule has 1 fully saturated rings. The third kappa shape index (κ3) is 5.20. The second kappa shape index (κ2) is 10.5. The lowest BCUT2D eigenvalue weighted by Crippen LogP contribution is -2.41. The van der Waals surface area contributed by atoms with E-state index in [2.05, 4.69) is 28.1 Å². The first-order valence-corrected chi connectivity index (χ1v) is 11.9. The van der Waals surface area contributed by atoms with E-state index in [1.807, 2.05) is 29.8 Å². The van der Waals surface area contributed by atoms with Crippen LogP contribution in [-0.2, 0) is 13.5 Å². The van der Waals surface area contributed by atoms with E-state index in [1.165, 1.54) is 0 Å². The van der Waals surface area contributed by atoms with Gasteiger partial charge in [0.25, 0.3) is 0 Å². The van der Waals surface area contributed by atoms with Crippen LogP contribution >= 0.6 is 23.8 Å². The van der Waals surface area contributed by atoms with Gasteiger partial charge in [0.1, 0.15) is 0 Å². The fourth-order valence-electron chi connectivity index (χ4n) is 4.28. The normalized spacial score (nSPS) is 16.4. The molecule has 3 aromatic rings. The quantitative estimate of drug-likeness (QED) is 0.303. The monoisotopic (exact) mass is 494 g/mol. The number of hydrogen-bond donors (Lipinski definition) is 1. The predicted octanol–water partition coefficient (Wildman–Crippen LogP) is 3.72. The molecule has 1 unspecified atom stereocenters. The molecule has 0 aliphatic carbocycles. The number of rotatable bonds is 7. The second-order valence-electron chi connectivity index (χ2n) is 8.55. The number of hydrazone groups is 1. The molecule has 0 spiro atoms. The molecule has 176 valence electrons. The van der Waals surface area contributed by atoms with Crippen molar-refractivity contribution in [2.75, 3.05) is 20.1 Å². The van der Waals surface area contributed by atoms with Gasteiger partial charge in [-0.05, 0) is 68.8 Å². The number of likely N-dealkylation sites (N-methyl/N-ethyl adjacent to an activating group) is 1.